The number of anilines is 1. The van der Waals surface area contributed by atoms with Gasteiger partial charge in [-0.25, -0.2) is 9.97 Å². The number of methoxy groups -OCH3 is 1. The summed E-state index contributed by atoms with van der Waals surface area (Å²) in [6, 6.07) is 15.3. The van der Waals surface area contributed by atoms with Crippen LogP contribution in [0.2, 0.25) is 0 Å². The number of nitrogens with zero attached hydrogens (tertiary/aromatic N) is 3. The fourth-order valence-corrected chi connectivity index (χ4v) is 4.21. The van der Waals surface area contributed by atoms with Gasteiger partial charge in [0.2, 0.25) is 0 Å². The molecule has 0 spiro atoms. The fraction of sp³-hybridized carbons (Fsp3) is 0.261. The lowest BCUT2D eigenvalue weighted by atomic mass is 10.2. The number of benzene rings is 2. The van der Waals surface area contributed by atoms with Crippen LogP contribution in [0.1, 0.15) is 36.0 Å². The molecule has 0 radical (unpaired) electrons. The van der Waals surface area contributed by atoms with Gasteiger partial charge < -0.3 is 15.8 Å². The van der Waals surface area contributed by atoms with E-state index in [-0.39, 0.29) is 11.9 Å². The third-order valence-electron chi connectivity index (χ3n) is 5.75. The summed E-state index contributed by atoms with van der Waals surface area (Å²) < 4.78 is 7.06. The molecule has 30 heavy (non-hydrogen) atoms. The largest absolute Gasteiger partial charge is 0.497 e. The number of hydrogen-bond donors (Lipinski definition) is 2. The van der Waals surface area contributed by atoms with E-state index in [1.165, 1.54) is 0 Å². The zero-order valence-corrected chi connectivity index (χ0v) is 16.8. The Balaban J connectivity index is 1.72. The van der Waals surface area contributed by atoms with Crippen LogP contribution >= 0.6 is 0 Å². The lowest BCUT2D eigenvalue weighted by Gasteiger charge is -2.12. The first-order valence-electron chi connectivity index (χ1n) is 10.2. The molecule has 0 saturated heterocycles. The minimum Gasteiger partial charge on any atom is -0.497 e. The Labute approximate surface area is 173 Å². The third-order valence-corrected chi connectivity index (χ3v) is 5.75. The Morgan fingerprint density at radius 1 is 1.07 bits per heavy atom. The molecule has 1 fully saturated rings. The summed E-state index contributed by atoms with van der Waals surface area (Å²) in [6.45, 7) is 0. The molecular weight excluding hydrogens is 378 g/mol. The quantitative estimate of drug-likeness (QED) is 0.542. The number of fused-ring (bicyclic) bond motifs is 2. The predicted molar refractivity (Wildman–Crippen MR) is 117 cm³/mol. The third kappa shape index (κ3) is 3.03. The van der Waals surface area contributed by atoms with E-state index >= 15 is 0 Å². The molecular formula is C23H23N5O2. The van der Waals surface area contributed by atoms with Crippen molar-refractivity contribution < 1.29 is 9.53 Å². The van der Waals surface area contributed by atoms with Crippen LogP contribution in [0.4, 0.5) is 5.82 Å². The zero-order valence-electron chi connectivity index (χ0n) is 16.8. The van der Waals surface area contributed by atoms with E-state index in [0.717, 1.165) is 48.2 Å². The second-order valence-corrected chi connectivity index (χ2v) is 7.63. The number of nitrogens with two attached hydrogens (primary N) is 1. The van der Waals surface area contributed by atoms with Crippen LogP contribution in [0.25, 0.3) is 27.9 Å². The second kappa shape index (κ2) is 7.33. The van der Waals surface area contributed by atoms with E-state index in [1.54, 1.807) is 11.7 Å². The van der Waals surface area contributed by atoms with Crippen molar-refractivity contribution >= 4 is 33.9 Å². The number of aromatic nitrogens is 3. The highest BCUT2D eigenvalue weighted by atomic mass is 16.5. The Morgan fingerprint density at radius 2 is 1.73 bits per heavy atom. The Kier molecular flexibility index (Phi) is 4.50. The van der Waals surface area contributed by atoms with Gasteiger partial charge in [0, 0.05) is 11.7 Å². The van der Waals surface area contributed by atoms with E-state index in [4.69, 9.17) is 20.4 Å². The van der Waals surface area contributed by atoms with Gasteiger partial charge in [-0.3, -0.25) is 9.36 Å². The summed E-state index contributed by atoms with van der Waals surface area (Å²) in [5.74, 6) is 0.881. The normalized spacial score (nSPS) is 14.4. The zero-order chi connectivity index (χ0) is 20.7. The lowest BCUT2D eigenvalue weighted by molar-refractivity contribution is 0.0940. The lowest BCUT2D eigenvalue weighted by Crippen LogP contribution is -2.33. The molecule has 1 aliphatic carbocycles. The molecule has 1 aliphatic rings. The van der Waals surface area contributed by atoms with Crippen LogP contribution in [-0.2, 0) is 0 Å². The van der Waals surface area contributed by atoms with E-state index in [9.17, 15) is 4.79 Å². The molecule has 2 aromatic carbocycles. The molecule has 5 rings (SSSR count). The van der Waals surface area contributed by atoms with Crippen molar-refractivity contribution in [2.45, 2.75) is 31.7 Å². The van der Waals surface area contributed by atoms with Crippen molar-refractivity contribution in [2.24, 2.45) is 0 Å². The molecule has 0 unspecified atom stereocenters. The number of para-hydroxylation sites is 2. The highest BCUT2D eigenvalue weighted by molar-refractivity contribution is 6.11. The van der Waals surface area contributed by atoms with Crippen LogP contribution in [0.5, 0.6) is 5.75 Å². The van der Waals surface area contributed by atoms with Gasteiger partial charge in [-0.15, -0.1) is 0 Å². The van der Waals surface area contributed by atoms with Crippen molar-refractivity contribution in [1.29, 1.82) is 0 Å². The van der Waals surface area contributed by atoms with Gasteiger partial charge in [0.05, 0.1) is 18.1 Å². The van der Waals surface area contributed by atoms with Gasteiger partial charge >= 0.3 is 0 Å². The van der Waals surface area contributed by atoms with Crippen LogP contribution in [-0.4, -0.2) is 33.6 Å². The van der Waals surface area contributed by atoms with E-state index in [0.29, 0.717) is 22.5 Å². The first-order valence-corrected chi connectivity index (χ1v) is 10.2. The first kappa shape index (κ1) is 18.4. The number of nitrogen functional groups attached to an aromatic ring is 1. The number of ether oxygens (including phenoxy) is 1. The summed E-state index contributed by atoms with van der Waals surface area (Å²) >= 11 is 0. The summed E-state index contributed by atoms with van der Waals surface area (Å²) in [5.41, 5.74) is 10.3. The van der Waals surface area contributed by atoms with Crippen molar-refractivity contribution in [3.63, 3.8) is 0 Å². The summed E-state index contributed by atoms with van der Waals surface area (Å²) in [5, 5.41) is 3.14. The van der Waals surface area contributed by atoms with E-state index in [1.807, 2.05) is 48.5 Å². The summed E-state index contributed by atoms with van der Waals surface area (Å²) in [7, 11) is 1.62. The molecule has 0 bridgehead atoms. The average molecular weight is 401 g/mol. The molecule has 152 valence electrons. The topological polar surface area (TPSA) is 95.1 Å². The highest BCUT2D eigenvalue weighted by Crippen LogP contribution is 2.32. The van der Waals surface area contributed by atoms with Crippen molar-refractivity contribution in [1.82, 2.24) is 19.9 Å². The molecule has 3 N–H and O–H groups in total. The van der Waals surface area contributed by atoms with Gasteiger partial charge in [0.1, 0.15) is 22.6 Å². The number of carbonyl (C=O) groups excluding carboxylic acids is 1. The molecule has 0 atom stereocenters. The summed E-state index contributed by atoms with van der Waals surface area (Å²) in [4.78, 5) is 22.8. The van der Waals surface area contributed by atoms with Crippen LogP contribution in [0.15, 0.2) is 48.5 Å². The predicted octanol–water partition coefficient (Wildman–Crippen LogP) is 3.84. The van der Waals surface area contributed by atoms with Crippen LogP contribution in [0, 0.1) is 0 Å². The maximum absolute atomic E-state index is 13.2. The Hall–Kier alpha value is -3.61. The van der Waals surface area contributed by atoms with Crippen LogP contribution in [0.3, 0.4) is 0 Å². The van der Waals surface area contributed by atoms with Gasteiger partial charge in [-0.2, -0.15) is 0 Å². The van der Waals surface area contributed by atoms with Crippen molar-refractivity contribution in [3.8, 4) is 11.4 Å². The maximum atomic E-state index is 13.2. The van der Waals surface area contributed by atoms with E-state index < -0.39 is 0 Å². The molecule has 1 amide bonds. The van der Waals surface area contributed by atoms with Crippen LogP contribution < -0.4 is 15.8 Å². The number of amides is 1. The number of carbonyl (C=O) groups is 1. The minimum atomic E-state index is -0.193. The Morgan fingerprint density at radius 3 is 2.40 bits per heavy atom. The minimum absolute atomic E-state index is 0.185. The monoisotopic (exact) mass is 401 g/mol. The molecule has 4 aromatic rings. The molecule has 7 heteroatoms. The molecule has 0 aliphatic heterocycles. The highest BCUT2D eigenvalue weighted by Gasteiger charge is 2.27. The summed E-state index contributed by atoms with van der Waals surface area (Å²) in [6.07, 6.45) is 4.27. The van der Waals surface area contributed by atoms with Crippen molar-refractivity contribution in [2.75, 3.05) is 12.8 Å². The second-order valence-electron chi connectivity index (χ2n) is 7.63. The SMILES string of the molecule is COc1ccc(-n2c(N)c(C(=O)NC3CCCC3)c3nc4ccccc4nc32)cc1. The average Bonchev–Trinajstić information content (AvgIpc) is 3.37. The number of hydrogen-bond acceptors (Lipinski definition) is 5. The fourth-order valence-electron chi connectivity index (χ4n) is 4.21. The van der Waals surface area contributed by atoms with Gasteiger partial charge in [-0.05, 0) is 49.2 Å². The molecule has 1 saturated carbocycles. The maximum Gasteiger partial charge on any atom is 0.257 e. The molecule has 2 aromatic heterocycles. The number of nitrogens with one attached hydrogen (secondary N) is 1. The van der Waals surface area contributed by atoms with Gasteiger partial charge in [0.25, 0.3) is 5.91 Å². The Bertz CT molecular complexity index is 1240. The number of rotatable bonds is 4. The van der Waals surface area contributed by atoms with E-state index in [2.05, 4.69) is 5.32 Å². The van der Waals surface area contributed by atoms with Crippen molar-refractivity contribution in [3.05, 3.63) is 54.1 Å². The molecule has 2 heterocycles. The smallest absolute Gasteiger partial charge is 0.257 e. The first-order chi connectivity index (χ1) is 14.7. The van der Waals surface area contributed by atoms with Gasteiger partial charge in [0.15, 0.2) is 5.65 Å². The molecule has 7 nitrogen and oxygen atoms in total. The standard InChI is InChI=1S/C23H23N5O2/c1-30-16-12-10-15(11-13-16)28-21(24)19(23(29)25-14-6-2-3-7-14)20-22(28)27-18-9-5-4-8-17(18)26-20/h4-5,8-14H,2-3,6-7,24H2,1H3,(H,25,29). The van der Waals surface area contributed by atoms with Gasteiger partial charge in [-0.1, -0.05) is 25.0 Å².